The van der Waals surface area contributed by atoms with Gasteiger partial charge in [-0.1, -0.05) is 6.92 Å². The average Bonchev–Trinajstić information content (AvgIpc) is 2.79. The zero-order valence-corrected chi connectivity index (χ0v) is 20.5. The average molecular weight is 562 g/mol. The first kappa shape index (κ1) is 25.8. The highest BCUT2D eigenvalue weighted by atomic mass is 127. The van der Waals surface area contributed by atoms with Crippen LogP contribution < -0.4 is 19.7 Å². The highest BCUT2D eigenvalue weighted by molar-refractivity contribution is 14.0. The molecule has 0 spiro atoms. The van der Waals surface area contributed by atoms with Crippen LogP contribution in [-0.4, -0.2) is 67.3 Å². The van der Waals surface area contributed by atoms with Gasteiger partial charge in [0.2, 0.25) is 5.95 Å². The second-order valence-electron chi connectivity index (χ2n) is 6.92. The molecule has 1 aromatic carbocycles. The number of hydrogen-bond acceptors (Lipinski definition) is 6. The van der Waals surface area contributed by atoms with E-state index in [9.17, 15) is 8.78 Å². The first-order valence-electron chi connectivity index (χ1n) is 10.3. The Kier molecular flexibility index (Phi) is 10.6. The molecule has 0 atom stereocenters. The van der Waals surface area contributed by atoms with Crippen LogP contribution in [0.5, 0.6) is 11.5 Å². The van der Waals surface area contributed by atoms with Gasteiger partial charge in [-0.15, -0.1) is 24.0 Å². The monoisotopic (exact) mass is 562 g/mol. The Hall–Kier alpha value is -2.44. The summed E-state index contributed by atoms with van der Waals surface area (Å²) < 4.78 is 36.0. The molecule has 2 aromatic rings. The molecule has 176 valence electrons. The fourth-order valence-corrected chi connectivity index (χ4v) is 3.28. The van der Waals surface area contributed by atoms with Gasteiger partial charge in [-0.3, -0.25) is 4.99 Å². The summed E-state index contributed by atoms with van der Waals surface area (Å²) in [6.07, 6.45) is 4.29. The minimum Gasteiger partial charge on any atom is -0.493 e. The molecular formula is C21H29F2IN6O2. The van der Waals surface area contributed by atoms with Crippen molar-refractivity contribution in [3.8, 4) is 11.5 Å². The van der Waals surface area contributed by atoms with Crippen molar-refractivity contribution in [1.82, 2.24) is 20.2 Å². The fraction of sp³-hybridized carbons (Fsp3) is 0.476. The zero-order valence-electron chi connectivity index (χ0n) is 18.2. The zero-order chi connectivity index (χ0) is 22.1. The number of aliphatic imine (C=N–C) groups is 1. The van der Waals surface area contributed by atoms with Crippen LogP contribution in [0.15, 0.2) is 41.7 Å². The van der Waals surface area contributed by atoms with Gasteiger partial charge in [0.25, 0.3) is 0 Å². The van der Waals surface area contributed by atoms with E-state index in [-0.39, 0.29) is 29.7 Å². The van der Waals surface area contributed by atoms with Crippen molar-refractivity contribution in [3.05, 3.63) is 42.2 Å². The van der Waals surface area contributed by atoms with E-state index in [1.165, 1.54) is 6.07 Å². The van der Waals surface area contributed by atoms with Gasteiger partial charge < -0.3 is 24.6 Å². The van der Waals surface area contributed by atoms with E-state index in [4.69, 9.17) is 9.47 Å². The van der Waals surface area contributed by atoms with Crippen LogP contribution in [0.4, 0.5) is 14.7 Å². The number of ether oxygens (including phenoxy) is 2. The Balaban J connectivity index is 0.00000363. The molecule has 1 fully saturated rings. The van der Waals surface area contributed by atoms with Gasteiger partial charge in [-0.25, -0.2) is 9.97 Å². The number of aromatic nitrogens is 2. The molecule has 0 saturated carbocycles. The lowest BCUT2D eigenvalue weighted by Gasteiger charge is -2.36. The van der Waals surface area contributed by atoms with Gasteiger partial charge in [0.15, 0.2) is 5.96 Å². The van der Waals surface area contributed by atoms with Crippen molar-refractivity contribution >= 4 is 35.9 Å². The van der Waals surface area contributed by atoms with E-state index >= 15 is 0 Å². The summed E-state index contributed by atoms with van der Waals surface area (Å²) in [6.45, 7) is 2.87. The molecule has 1 saturated heterocycles. The second-order valence-corrected chi connectivity index (χ2v) is 6.92. The van der Waals surface area contributed by atoms with Crippen molar-refractivity contribution in [2.75, 3.05) is 44.7 Å². The summed E-state index contributed by atoms with van der Waals surface area (Å²) in [6, 6.07) is 6.78. The van der Waals surface area contributed by atoms with Gasteiger partial charge in [-0.05, 0) is 24.6 Å². The molecule has 1 aliphatic rings. The first-order valence-corrected chi connectivity index (χ1v) is 10.3. The quantitative estimate of drug-likeness (QED) is 0.301. The van der Waals surface area contributed by atoms with Gasteiger partial charge in [0, 0.05) is 63.8 Å². The van der Waals surface area contributed by atoms with Crippen LogP contribution in [-0.2, 0) is 6.54 Å². The molecular weight excluding hydrogens is 533 g/mol. The lowest BCUT2D eigenvalue weighted by atomic mass is 10.2. The molecule has 1 aromatic heterocycles. The molecule has 0 unspecified atom stereocenters. The molecule has 0 bridgehead atoms. The lowest BCUT2D eigenvalue weighted by molar-refractivity contribution is -0.0505. The van der Waals surface area contributed by atoms with Gasteiger partial charge >= 0.3 is 6.61 Å². The maximum absolute atomic E-state index is 12.9. The van der Waals surface area contributed by atoms with E-state index in [1.807, 2.05) is 6.92 Å². The highest BCUT2D eigenvalue weighted by Crippen LogP contribution is 2.27. The molecule has 0 amide bonds. The molecule has 8 nitrogen and oxygen atoms in total. The number of hydrogen-bond donors (Lipinski definition) is 1. The van der Waals surface area contributed by atoms with E-state index in [0.717, 1.165) is 32.6 Å². The van der Waals surface area contributed by atoms with Crippen LogP contribution in [0.2, 0.25) is 0 Å². The summed E-state index contributed by atoms with van der Waals surface area (Å²) in [7, 11) is 1.70. The van der Waals surface area contributed by atoms with Crippen molar-refractivity contribution in [2.45, 2.75) is 26.5 Å². The summed E-state index contributed by atoms with van der Waals surface area (Å²) in [5.41, 5.74) is 0.599. The van der Waals surface area contributed by atoms with Crippen LogP contribution in [0, 0.1) is 0 Å². The molecule has 32 heavy (non-hydrogen) atoms. The Morgan fingerprint density at radius 3 is 2.53 bits per heavy atom. The third-order valence-corrected chi connectivity index (χ3v) is 4.79. The third-order valence-electron chi connectivity index (χ3n) is 4.79. The van der Waals surface area contributed by atoms with Gasteiger partial charge in [-0.2, -0.15) is 8.78 Å². The summed E-state index contributed by atoms with van der Waals surface area (Å²) >= 11 is 0. The minimum atomic E-state index is -2.91. The Labute approximate surface area is 204 Å². The van der Waals surface area contributed by atoms with E-state index < -0.39 is 6.61 Å². The van der Waals surface area contributed by atoms with E-state index in [0.29, 0.717) is 36.4 Å². The van der Waals surface area contributed by atoms with Crippen molar-refractivity contribution in [3.63, 3.8) is 0 Å². The summed E-state index contributed by atoms with van der Waals surface area (Å²) in [4.78, 5) is 17.2. The number of guanidine groups is 1. The normalized spacial score (nSPS) is 14.2. The van der Waals surface area contributed by atoms with Crippen LogP contribution in [0.25, 0.3) is 0 Å². The molecule has 11 heteroatoms. The Morgan fingerprint density at radius 2 is 1.91 bits per heavy atom. The van der Waals surface area contributed by atoms with Crippen LogP contribution in [0.3, 0.4) is 0 Å². The maximum atomic E-state index is 12.9. The van der Waals surface area contributed by atoms with Gasteiger partial charge in [0.1, 0.15) is 11.5 Å². The second kappa shape index (κ2) is 13.2. The van der Waals surface area contributed by atoms with Crippen molar-refractivity contribution < 1.29 is 18.3 Å². The molecule has 0 radical (unpaired) electrons. The number of anilines is 1. The first-order chi connectivity index (χ1) is 15.1. The largest absolute Gasteiger partial charge is 0.493 e. The number of rotatable bonds is 8. The number of halogens is 3. The highest BCUT2D eigenvalue weighted by Gasteiger charge is 2.21. The summed E-state index contributed by atoms with van der Waals surface area (Å²) in [5, 5.41) is 3.25. The number of benzene rings is 1. The predicted molar refractivity (Wildman–Crippen MR) is 130 cm³/mol. The molecule has 3 rings (SSSR count). The fourth-order valence-electron chi connectivity index (χ4n) is 3.28. The Bertz CT molecular complexity index is 851. The van der Waals surface area contributed by atoms with E-state index in [1.54, 1.807) is 37.6 Å². The number of alkyl halides is 2. The van der Waals surface area contributed by atoms with Gasteiger partial charge in [0.05, 0.1) is 6.61 Å². The number of nitrogens with one attached hydrogen (secondary N) is 1. The lowest BCUT2D eigenvalue weighted by Crippen LogP contribution is -2.52. The number of piperazine rings is 1. The topological polar surface area (TPSA) is 75.1 Å². The Morgan fingerprint density at radius 1 is 1.19 bits per heavy atom. The van der Waals surface area contributed by atoms with Crippen LogP contribution in [0.1, 0.15) is 18.9 Å². The molecule has 0 aliphatic carbocycles. The SMILES string of the molecule is CCCOc1ccc(CNC(=NC)N2CCN(c3ncccn3)CC2)c(OC(F)F)c1.I. The van der Waals surface area contributed by atoms with Crippen molar-refractivity contribution in [1.29, 1.82) is 0 Å². The number of nitrogens with zero attached hydrogens (tertiary/aromatic N) is 5. The predicted octanol–water partition coefficient (Wildman–Crippen LogP) is 3.38. The van der Waals surface area contributed by atoms with E-state index in [2.05, 4.69) is 30.1 Å². The minimum absolute atomic E-state index is 0. The molecule has 2 heterocycles. The third kappa shape index (κ3) is 7.31. The molecule has 1 aliphatic heterocycles. The molecule has 1 N–H and O–H groups in total. The van der Waals surface area contributed by atoms with Crippen LogP contribution >= 0.6 is 24.0 Å². The van der Waals surface area contributed by atoms with Crippen molar-refractivity contribution in [2.24, 2.45) is 4.99 Å². The smallest absolute Gasteiger partial charge is 0.387 e. The standard InChI is InChI=1S/C21H28F2N6O2.HI/c1-3-13-30-17-6-5-16(18(14-17)31-19(22)23)15-27-20(24-2)28-9-11-29(12-10-28)21-25-7-4-8-26-21;/h4-8,14,19H,3,9-13,15H2,1-2H3,(H,24,27);1H. The maximum Gasteiger partial charge on any atom is 0.387 e. The summed E-state index contributed by atoms with van der Waals surface area (Å²) in [5.74, 6) is 2.01.